The monoisotopic (exact) mass is 395 g/mol. The Balaban J connectivity index is 1.67. The Morgan fingerprint density at radius 1 is 1.07 bits per heavy atom. The number of esters is 1. The Hall–Kier alpha value is -3.68. The summed E-state index contributed by atoms with van der Waals surface area (Å²) < 4.78 is 5.29. The summed E-state index contributed by atoms with van der Waals surface area (Å²) in [6, 6.07) is 10.4. The fourth-order valence-corrected chi connectivity index (χ4v) is 3.23. The molecule has 0 aliphatic carbocycles. The van der Waals surface area contributed by atoms with Crippen molar-refractivity contribution in [1.29, 1.82) is 0 Å². The van der Waals surface area contributed by atoms with E-state index in [0.29, 0.717) is 24.2 Å². The van der Waals surface area contributed by atoms with Gasteiger partial charge in [0.05, 0.1) is 5.56 Å². The van der Waals surface area contributed by atoms with E-state index in [9.17, 15) is 19.2 Å². The predicted octanol–water partition coefficient (Wildman–Crippen LogP) is 2.51. The van der Waals surface area contributed by atoms with E-state index >= 15 is 0 Å². The van der Waals surface area contributed by atoms with Gasteiger partial charge in [-0.15, -0.1) is 0 Å². The highest BCUT2D eigenvalue weighted by Crippen LogP contribution is 2.29. The SMILES string of the molecule is CC(=O)N1CCc2cc(C(=O)C(C)OC(=O)c3ccc(NC(N)=O)cc3)ccc21. The smallest absolute Gasteiger partial charge is 0.338 e. The van der Waals surface area contributed by atoms with Crippen molar-refractivity contribution in [3.8, 4) is 0 Å². The zero-order valence-corrected chi connectivity index (χ0v) is 16.1. The number of anilines is 2. The number of ketones is 1. The molecule has 3 N–H and O–H groups in total. The van der Waals surface area contributed by atoms with Crippen LogP contribution in [0.5, 0.6) is 0 Å². The summed E-state index contributed by atoms with van der Waals surface area (Å²) in [5, 5.41) is 2.39. The molecule has 0 fully saturated rings. The molecule has 3 rings (SSSR count). The molecule has 1 aliphatic rings. The van der Waals surface area contributed by atoms with E-state index in [1.54, 1.807) is 23.1 Å². The first-order valence-electron chi connectivity index (χ1n) is 9.09. The van der Waals surface area contributed by atoms with Crippen molar-refractivity contribution < 1.29 is 23.9 Å². The highest BCUT2D eigenvalue weighted by molar-refractivity contribution is 6.03. The molecule has 0 aromatic heterocycles. The number of nitrogens with two attached hydrogens (primary N) is 1. The second kappa shape index (κ2) is 8.14. The molecule has 29 heavy (non-hydrogen) atoms. The van der Waals surface area contributed by atoms with Crippen LogP contribution in [0.25, 0.3) is 0 Å². The van der Waals surface area contributed by atoms with Crippen LogP contribution < -0.4 is 16.0 Å². The number of Topliss-reactive ketones (excluding diaryl/α,β-unsaturated/α-hetero) is 1. The van der Waals surface area contributed by atoms with Crippen molar-refractivity contribution in [2.75, 3.05) is 16.8 Å². The summed E-state index contributed by atoms with van der Waals surface area (Å²) in [5.41, 5.74) is 7.87. The summed E-state index contributed by atoms with van der Waals surface area (Å²) >= 11 is 0. The molecule has 1 heterocycles. The lowest BCUT2D eigenvalue weighted by atomic mass is 10.0. The molecule has 0 radical (unpaired) electrons. The molecule has 2 aromatic rings. The minimum Gasteiger partial charge on any atom is -0.451 e. The highest BCUT2D eigenvalue weighted by Gasteiger charge is 2.25. The van der Waals surface area contributed by atoms with Crippen molar-refractivity contribution in [3.05, 3.63) is 59.2 Å². The van der Waals surface area contributed by atoms with Crippen LogP contribution in [0.1, 0.15) is 40.1 Å². The first-order valence-corrected chi connectivity index (χ1v) is 9.09. The van der Waals surface area contributed by atoms with Crippen LogP contribution >= 0.6 is 0 Å². The van der Waals surface area contributed by atoms with Gasteiger partial charge in [-0.2, -0.15) is 0 Å². The Bertz CT molecular complexity index is 984. The van der Waals surface area contributed by atoms with Crippen LogP contribution in [-0.4, -0.2) is 36.3 Å². The van der Waals surface area contributed by atoms with E-state index in [4.69, 9.17) is 10.5 Å². The minimum atomic E-state index is -0.978. The number of amides is 3. The van der Waals surface area contributed by atoms with Crippen molar-refractivity contribution in [2.45, 2.75) is 26.4 Å². The predicted molar refractivity (Wildman–Crippen MR) is 107 cm³/mol. The van der Waals surface area contributed by atoms with Gasteiger partial charge < -0.3 is 20.7 Å². The fourth-order valence-electron chi connectivity index (χ4n) is 3.23. The van der Waals surface area contributed by atoms with E-state index in [1.165, 1.54) is 38.1 Å². The Morgan fingerprint density at radius 2 is 1.72 bits per heavy atom. The zero-order valence-electron chi connectivity index (χ0n) is 16.1. The zero-order chi connectivity index (χ0) is 21.1. The largest absolute Gasteiger partial charge is 0.451 e. The van der Waals surface area contributed by atoms with Crippen molar-refractivity contribution in [1.82, 2.24) is 0 Å². The summed E-state index contributed by atoms with van der Waals surface area (Å²) in [4.78, 5) is 49.1. The van der Waals surface area contributed by atoms with Crippen molar-refractivity contribution in [2.24, 2.45) is 5.73 Å². The van der Waals surface area contributed by atoms with Crippen molar-refractivity contribution >= 4 is 35.1 Å². The number of carbonyl (C=O) groups excluding carboxylic acids is 4. The van der Waals surface area contributed by atoms with Gasteiger partial charge in [0, 0.05) is 30.4 Å². The van der Waals surface area contributed by atoms with Gasteiger partial charge in [-0.05, 0) is 61.4 Å². The van der Waals surface area contributed by atoms with E-state index < -0.39 is 18.1 Å². The quantitative estimate of drug-likeness (QED) is 0.596. The molecule has 2 aromatic carbocycles. The standard InChI is InChI=1S/C21H21N3O5/c1-12(29-20(27)14-3-6-17(7-4-14)23-21(22)28)19(26)16-5-8-18-15(11-16)9-10-24(18)13(2)25/h3-8,11-12H,9-10H2,1-2H3,(H3,22,23,28). The molecule has 3 amide bonds. The maximum atomic E-state index is 12.7. The number of nitrogens with zero attached hydrogens (tertiary/aromatic N) is 1. The number of fused-ring (bicyclic) bond motifs is 1. The van der Waals surface area contributed by atoms with Crippen LogP contribution in [0, 0.1) is 0 Å². The Morgan fingerprint density at radius 3 is 2.34 bits per heavy atom. The van der Waals surface area contributed by atoms with Gasteiger partial charge in [0.2, 0.25) is 11.7 Å². The molecule has 1 atom stereocenters. The van der Waals surface area contributed by atoms with Gasteiger partial charge >= 0.3 is 12.0 Å². The summed E-state index contributed by atoms with van der Waals surface area (Å²) in [6.07, 6.45) is -0.301. The summed E-state index contributed by atoms with van der Waals surface area (Å²) in [5.74, 6) is -1.02. The first-order chi connectivity index (χ1) is 13.8. The van der Waals surface area contributed by atoms with Gasteiger partial charge in [0.15, 0.2) is 6.10 Å². The molecule has 0 bridgehead atoms. The number of hydrogen-bond acceptors (Lipinski definition) is 5. The molecular formula is C21H21N3O5. The lowest BCUT2D eigenvalue weighted by Crippen LogP contribution is -2.26. The van der Waals surface area contributed by atoms with Gasteiger partial charge in [-0.25, -0.2) is 9.59 Å². The van der Waals surface area contributed by atoms with Gasteiger partial charge in [-0.1, -0.05) is 0 Å². The minimum absolute atomic E-state index is 0.0397. The number of primary amides is 1. The molecule has 1 unspecified atom stereocenters. The van der Waals surface area contributed by atoms with Crippen LogP contribution in [0.3, 0.4) is 0 Å². The molecule has 8 nitrogen and oxygen atoms in total. The summed E-state index contributed by atoms with van der Waals surface area (Å²) in [6.45, 7) is 3.61. The van der Waals surface area contributed by atoms with E-state index in [2.05, 4.69) is 5.32 Å². The highest BCUT2D eigenvalue weighted by atomic mass is 16.5. The molecule has 1 aliphatic heterocycles. The summed E-state index contributed by atoms with van der Waals surface area (Å²) in [7, 11) is 0. The van der Waals surface area contributed by atoms with Gasteiger partial charge in [-0.3, -0.25) is 9.59 Å². The number of nitrogens with one attached hydrogen (secondary N) is 1. The second-order valence-electron chi connectivity index (χ2n) is 6.74. The average molecular weight is 395 g/mol. The molecule has 0 saturated carbocycles. The van der Waals surface area contributed by atoms with Gasteiger partial charge in [0.1, 0.15) is 0 Å². The number of ether oxygens (including phenoxy) is 1. The van der Waals surface area contributed by atoms with E-state index in [1.807, 2.05) is 0 Å². The van der Waals surface area contributed by atoms with Crippen LogP contribution in [-0.2, 0) is 16.0 Å². The van der Waals surface area contributed by atoms with Crippen LogP contribution in [0.15, 0.2) is 42.5 Å². The number of benzene rings is 2. The normalized spacial score (nSPS) is 13.4. The van der Waals surface area contributed by atoms with Crippen LogP contribution in [0.4, 0.5) is 16.2 Å². The topological polar surface area (TPSA) is 119 Å². The first kappa shape index (κ1) is 20.1. The van der Waals surface area contributed by atoms with E-state index in [-0.39, 0.29) is 17.3 Å². The molecule has 0 saturated heterocycles. The fraction of sp³-hybridized carbons (Fsp3) is 0.238. The molecule has 150 valence electrons. The Kier molecular flexibility index (Phi) is 5.63. The molecule has 8 heteroatoms. The van der Waals surface area contributed by atoms with Gasteiger partial charge in [0.25, 0.3) is 0 Å². The average Bonchev–Trinajstić information content (AvgIpc) is 3.10. The van der Waals surface area contributed by atoms with Crippen molar-refractivity contribution in [3.63, 3.8) is 0 Å². The Labute approximate surface area is 167 Å². The van der Waals surface area contributed by atoms with Crippen LogP contribution in [0.2, 0.25) is 0 Å². The second-order valence-corrected chi connectivity index (χ2v) is 6.74. The lowest BCUT2D eigenvalue weighted by Gasteiger charge is -2.16. The number of hydrogen-bond donors (Lipinski definition) is 2. The maximum Gasteiger partial charge on any atom is 0.338 e. The third-order valence-electron chi connectivity index (χ3n) is 4.68. The molecular weight excluding hydrogens is 374 g/mol. The number of rotatable bonds is 5. The number of urea groups is 1. The third-order valence-corrected chi connectivity index (χ3v) is 4.68. The number of carbonyl (C=O) groups is 4. The third kappa shape index (κ3) is 4.43. The lowest BCUT2D eigenvalue weighted by molar-refractivity contribution is -0.116. The maximum absolute atomic E-state index is 12.7. The molecule has 0 spiro atoms. The van der Waals surface area contributed by atoms with E-state index in [0.717, 1.165) is 11.3 Å².